The minimum absolute atomic E-state index is 0.0811. The van der Waals surface area contributed by atoms with Crippen LogP contribution in [-0.2, 0) is 19.1 Å². The summed E-state index contributed by atoms with van der Waals surface area (Å²) in [5.74, 6) is 0.661. The smallest absolute Gasteiger partial charge is 0.226 e. The minimum Gasteiger partial charge on any atom is -0.474 e. The number of fused-ring (bicyclic) bond motifs is 1. The van der Waals surface area contributed by atoms with Gasteiger partial charge in [0.15, 0.2) is 11.7 Å². The maximum atomic E-state index is 13.0. The molecule has 3 saturated heterocycles. The lowest BCUT2D eigenvalue weighted by Crippen LogP contribution is -2.63. The van der Waals surface area contributed by atoms with Crippen LogP contribution in [0.5, 0.6) is 0 Å². The molecule has 14 heteroatoms. The molecule has 0 bridgehead atoms. The van der Waals surface area contributed by atoms with Gasteiger partial charge < -0.3 is 42.6 Å². The number of allylic oxidation sites excluding steroid dienone is 1. The number of rotatable bonds is 11. The molecule has 7 unspecified atom stereocenters. The fraction of sp³-hybridized carbons (Fsp3) is 0.846. The summed E-state index contributed by atoms with van der Waals surface area (Å²) in [5.41, 5.74) is 24.1. The second-order valence-electron chi connectivity index (χ2n) is 11.5. The van der Waals surface area contributed by atoms with Crippen LogP contribution in [0.4, 0.5) is 0 Å². The Morgan fingerprint density at radius 3 is 2.65 bits per heavy atom. The number of carbonyl (C=O) groups is 2. The number of nitrogens with two attached hydrogens (primary N) is 4. The Labute approximate surface area is 245 Å². The quantitative estimate of drug-likeness (QED) is 0.139. The van der Waals surface area contributed by atoms with E-state index in [1.807, 2.05) is 11.8 Å². The SMILES string of the molecule is NC(=O)C(C(N)N)C(NCN[C@H]1CCCC[C@H]1N)NC1CCC(C2CSC3C(=O)C=C(N4CCOCC4)OC32)S1. The summed E-state index contributed by atoms with van der Waals surface area (Å²) < 4.78 is 12.0. The highest BCUT2D eigenvalue weighted by atomic mass is 32.2. The van der Waals surface area contributed by atoms with Gasteiger partial charge in [0.1, 0.15) is 11.4 Å². The number of nitrogens with one attached hydrogen (secondary N) is 3. The van der Waals surface area contributed by atoms with Gasteiger partial charge in [-0.15, -0.1) is 23.5 Å². The Hall–Kier alpha value is -1.10. The summed E-state index contributed by atoms with van der Waals surface area (Å²) >= 11 is 3.56. The second-order valence-corrected chi connectivity index (χ2v) is 14.1. The Morgan fingerprint density at radius 1 is 1.15 bits per heavy atom. The highest BCUT2D eigenvalue weighted by molar-refractivity contribution is 8.01. The van der Waals surface area contributed by atoms with Crippen LogP contribution in [0.25, 0.3) is 0 Å². The molecule has 0 radical (unpaired) electrons. The van der Waals surface area contributed by atoms with Crippen molar-refractivity contribution in [1.82, 2.24) is 20.9 Å². The summed E-state index contributed by atoms with van der Waals surface area (Å²) in [5, 5.41) is 10.8. The number of carbonyl (C=O) groups excluding carboxylic acids is 2. The molecule has 0 aromatic heterocycles. The number of nitrogens with zero attached hydrogens (tertiary/aromatic N) is 1. The third-order valence-corrected chi connectivity index (χ3v) is 11.9. The third-order valence-electron chi connectivity index (χ3n) is 8.82. The number of amides is 1. The topological polar surface area (TPSA) is 196 Å². The van der Waals surface area contributed by atoms with Gasteiger partial charge in [-0.3, -0.25) is 20.2 Å². The van der Waals surface area contributed by atoms with Gasteiger partial charge in [0.2, 0.25) is 5.91 Å². The van der Waals surface area contributed by atoms with Crippen LogP contribution in [0.15, 0.2) is 12.0 Å². The maximum absolute atomic E-state index is 13.0. The number of thioether (sulfide) groups is 2. The van der Waals surface area contributed by atoms with Crippen molar-refractivity contribution in [1.29, 1.82) is 0 Å². The van der Waals surface area contributed by atoms with Crippen molar-refractivity contribution >= 4 is 35.2 Å². The minimum atomic E-state index is -0.902. The van der Waals surface area contributed by atoms with Crippen molar-refractivity contribution in [3.8, 4) is 0 Å². The normalized spacial score (nSPS) is 36.2. The number of primary amides is 1. The Bertz CT molecular complexity index is 923. The lowest BCUT2D eigenvalue weighted by atomic mass is 9.91. The predicted octanol–water partition coefficient (Wildman–Crippen LogP) is -1.25. The molecule has 1 amide bonds. The summed E-state index contributed by atoms with van der Waals surface area (Å²) in [6, 6.07) is 0.352. The largest absolute Gasteiger partial charge is 0.474 e. The van der Waals surface area contributed by atoms with E-state index >= 15 is 0 Å². The molecule has 0 aromatic carbocycles. The van der Waals surface area contributed by atoms with Gasteiger partial charge in [0.05, 0.1) is 36.8 Å². The highest BCUT2D eigenvalue weighted by Crippen LogP contribution is 2.48. The number of morpholine rings is 1. The molecule has 40 heavy (non-hydrogen) atoms. The number of hydrogen-bond donors (Lipinski definition) is 7. The lowest BCUT2D eigenvalue weighted by Gasteiger charge is -2.37. The third kappa shape index (κ3) is 7.09. The average Bonchev–Trinajstić information content (AvgIpc) is 3.57. The Morgan fingerprint density at radius 2 is 1.93 bits per heavy atom. The molecule has 0 spiro atoms. The predicted molar refractivity (Wildman–Crippen MR) is 158 cm³/mol. The fourth-order valence-electron chi connectivity index (χ4n) is 6.55. The fourth-order valence-corrected chi connectivity index (χ4v) is 9.84. The van der Waals surface area contributed by atoms with Crippen LogP contribution < -0.4 is 38.9 Å². The van der Waals surface area contributed by atoms with E-state index in [0.717, 1.165) is 57.4 Å². The number of ketones is 1. The molecular weight excluding hydrogens is 552 g/mol. The van der Waals surface area contributed by atoms with Crippen LogP contribution in [0.3, 0.4) is 0 Å². The van der Waals surface area contributed by atoms with E-state index in [4.69, 9.17) is 32.4 Å². The Balaban J connectivity index is 1.19. The standard InChI is InChI=1S/C26H46N8O4S2/c27-15-3-1-2-4-16(15)31-13-32-26(21(24(28)29)25(30)36)33-19-6-5-18(40-19)14-12-39-23-17(35)11-20(38-22(14)23)34-7-9-37-10-8-34/h11,14-16,18-19,21-24,26,31-33H,1-10,12-13,27-29H2,(H2,30,36)/t14?,15-,16+,18?,19?,21?,22?,23?,26?/m1/s1. The number of hydrogen-bond acceptors (Lipinski definition) is 13. The van der Waals surface area contributed by atoms with Crippen molar-refractivity contribution in [2.24, 2.45) is 34.8 Å². The molecule has 12 nitrogen and oxygen atoms in total. The van der Waals surface area contributed by atoms with Crippen molar-refractivity contribution < 1.29 is 19.1 Å². The molecule has 1 saturated carbocycles. The van der Waals surface area contributed by atoms with Crippen molar-refractivity contribution in [2.45, 2.75) is 84.9 Å². The first-order valence-electron chi connectivity index (χ1n) is 14.6. The van der Waals surface area contributed by atoms with Gasteiger partial charge in [-0.1, -0.05) is 12.8 Å². The molecule has 4 aliphatic heterocycles. The monoisotopic (exact) mass is 598 g/mol. The molecule has 4 heterocycles. The van der Waals surface area contributed by atoms with E-state index in [1.54, 1.807) is 17.8 Å². The molecule has 11 N–H and O–H groups in total. The van der Waals surface area contributed by atoms with E-state index in [0.29, 0.717) is 31.0 Å². The molecule has 0 aromatic rings. The summed E-state index contributed by atoms with van der Waals surface area (Å²) in [6.45, 7) is 3.22. The van der Waals surface area contributed by atoms with Gasteiger partial charge in [0, 0.05) is 54.8 Å². The molecule has 5 rings (SSSR count). The number of ether oxygens (including phenoxy) is 2. The average molecular weight is 599 g/mol. The molecular formula is C26H46N8O4S2. The summed E-state index contributed by atoms with van der Waals surface area (Å²) in [4.78, 5) is 27.5. The van der Waals surface area contributed by atoms with Crippen molar-refractivity contribution in [2.75, 3.05) is 38.7 Å². The molecule has 1 aliphatic carbocycles. The summed E-state index contributed by atoms with van der Waals surface area (Å²) in [6.07, 6.45) is 6.42. The van der Waals surface area contributed by atoms with Crippen molar-refractivity contribution in [3.05, 3.63) is 12.0 Å². The van der Waals surface area contributed by atoms with E-state index in [1.165, 1.54) is 0 Å². The molecule has 5 aliphatic rings. The zero-order chi connectivity index (χ0) is 28.2. The summed E-state index contributed by atoms with van der Waals surface area (Å²) in [7, 11) is 0. The van der Waals surface area contributed by atoms with E-state index in [-0.39, 0.29) is 40.5 Å². The van der Waals surface area contributed by atoms with E-state index < -0.39 is 24.2 Å². The van der Waals surface area contributed by atoms with Crippen LogP contribution >= 0.6 is 23.5 Å². The highest BCUT2D eigenvalue weighted by Gasteiger charge is 2.50. The first-order valence-corrected chi connectivity index (χ1v) is 16.6. The van der Waals surface area contributed by atoms with Gasteiger partial charge in [-0.2, -0.15) is 0 Å². The van der Waals surface area contributed by atoms with Crippen LogP contribution in [0.1, 0.15) is 38.5 Å². The zero-order valence-electron chi connectivity index (χ0n) is 23.0. The van der Waals surface area contributed by atoms with Gasteiger partial charge in [-0.25, -0.2) is 0 Å². The lowest BCUT2D eigenvalue weighted by molar-refractivity contribution is -0.124. The van der Waals surface area contributed by atoms with Crippen LogP contribution in [0.2, 0.25) is 0 Å². The van der Waals surface area contributed by atoms with Crippen molar-refractivity contribution in [3.63, 3.8) is 0 Å². The van der Waals surface area contributed by atoms with Crippen LogP contribution in [-0.4, -0.2) is 102 Å². The van der Waals surface area contributed by atoms with Gasteiger partial charge >= 0.3 is 0 Å². The first kappa shape index (κ1) is 30.4. The first-order chi connectivity index (χ1) is 19.3. The maximum Gasteiger partial charge on any atom is 0.226 e. The second kappa shape index (κ2) is 13.9. The van der Waals surface area contributed by atoms with Gasteiger partial charge in [0.25, 0.3) is 0 Å². The molecule has 226 valence electrons. The molecule has 9 atom stereocenters. The van der Waals surface area contributed by atoms with E-state index in [2.05, 4.69) is 20.9 Å². The Kier molecular flexibility index (Phi) is 10.6. The zero-order valence-corrected chi connectivity index (χ0v) is 24.7. The van der Waals surface area contributed by atoms with E-state index in [9.17, 15) is 9.59 Å². The van der Waals surface area contributed by atoms with Crippen LogP contribution in [0, 0.1) is 11.8 Å². The molecule has 4 fully saturated rings. The van der Waals surface area contributed by atoms with Gasteiger partial charge in [-0.05, 0) is 25.7 Å².